The summed E-state index contributed by atoms with van der Waals surface area (Å²) in [6, 6.07) is 102. The molecule has 4 nitrogen and oxygen atoms in total. The van der Waals surface area contributed by atoms with Gasteiger partial charge in [0.05, 0.1) is 44.5 Å². The minimum Gasteiger partial charge on any atom is -0.309 e. The van der Waals surface area contributed by atoms with Crippen molar-refractivity contribution in [2.24, 2.45) is 0 Å². The lowest BCUT2D eigenvalue weighted by molar-refractivity contribution is 1.15. The Balaban J connectivity index is 0.888. The maximum Gasteiger partial charge on any atom is 0.0622 e. The lowest BCUT2D eigenvalue weighted by atomic mass is 9.92. The zero-order chi connectivity index (χ0) is 53.7. The van der Waals surface area contributed by atoms with E-state index in [1.165, 1.54) is 135 Å². The van der Waals surface area contributed by atoms with Gasteiger partial charge in [0.25, 0.3) is 0 Å². The molecule has 4 heterocycles. The smallest absolute Gasteiger partial charge is 0.0622 e. The van der Waals surface area contributed by atoms with E-state index in [4.69, 9.17) is 0 Å². The zero-order valence-corrected chi connectivity index (χ0v) is 45.5. The van der Waals surface area contributed by atoms with Gasteiger partial charge < -0.3 is 18.6 Å². The second-order valence-electron chi connectivity index (χ2n) is 22.1. The third kappa shape index (κ3) is 6.63. The summed E-state index contributed by atoms with van der Waals surface area (Å²) in [5.41, 5.74) is 17.6. The van der Waals surface area contributed by atoms with Gasteiger partial charge in [0.15, 0.2) is 0 Å². The largest absolute Gasteiger partial charge is 0.309 e. The molecular weight excluding hydrogens is 1010 g/mol. The van der Waals surface area contributed by atoms with Crippen LogP contribution in [0.25, 0.3) is 137 Å². The van der Waals surface area contributed by atoms with Crippen LogP contribution < -0.4 is 4.90 Å². The molecule has 0 saturated heterocycles. The molecule has 0 bridgehead atoms. The van der Waals surface area contributed by atoms with Gasteiger partial charge in [-0.15, -0.1) is 0 Å². The maximum absolute atomic E-state index is 2.55. The standard InChI is InChI=1S/C77H48N4S/c1-47-29-33-58-60(37-47)56-25-13-14-26-57(56)61-43-66-67-45-77-75(46-73(67)80(72(66)44-62(58)61)54-23-9-4-10-24-54)81(74-40-48-17-11-12-18-49(48)41-76(74)82-77)55-32-36-71-65(42-55)64-39-51(31-35-70(64)79(71)53-21-7-3-8-22-53)50-30-34-69-63(38-50)59-27-15-16-28-68(59)78(69)52-19-5-2-6-20-52/h2-46H,1H3. The number of hydrogen-bond donors (Lipinski definition) is 0. The molecular formula is C77H48N4S. The second kappa shape index (κ2) is 17.3. The number of aromatic nitrogens is 3. The molecule has 14 aromatic carbocycles. The van der Waals surface area contributed by atoms with Crippen LogP contribution >= 0.6 is 11.8 Å². The van der Waals surface area contributed by atoms with Crippen molar-refractivity contribution in [2.75, 3.05) is 4.90 Å². The fraction of sp³-hybridized carbons (Fsp3) is 0.0130. The molecule has 0 amide bonds. The van der Waals surface area contributed by atoms with Crippen LogP contribution in [0.3, 0.4) is 0 Å². The predicted octanol–water partition coefficient (Wildman–Crippen LogP) is 21.5. The molecule has 0 atom stereocenters. The fourth-order valence-corrected chi connectivity index (χ4v) is 15.0. The molecule has 0 N–H and O–H groups in total. The molecule has 5 heteroatoms. The Morgan fingerprint density at radius 3 is 1.34 bits per heavy atom. The summed E-state index contributed by atoms with van der Waals surface area (Å²) < 4.78 is 7.34. The summed E-state index contributed by atoms with van der Waals surface area (Å²) in [6.07, 6.45) is 0. The number of aryl methyl sites for hydroxylation is 1. The van der Waals surface area contributed by atoms with Gasteiger partial charge in [-0.2, -0.15) is 0 Å². The average Bonchev–Trinajstić information content (AvgIpc) is 2.03. The van der Waals surface area contributed by atoms with Gasteiger partial charge in [-0.05, 0) is 182 Å². The maximum atomic E-state index is 2.55. The van der Waals surface area contributed by atoms with Crippen molar-refractivity contribution in [3.8, 4) is 28.2 Å². The summed E-state index contributed by atoms with van der Waals surface area (Å²) in [7, 11) is 0. The Kier molecular flexibility index (Phi) is 9.62. The lowest BCUT2D eigenvalue weighted by Gasteiger charge is -2.33. The van der Waals surface area contributed by atoms with Crippen molar-refractivity contribution in [1.82, 2.24) is 13.7 Å². The molecule has 18 rings (SSSR count). The fourth-order valence-electron chi connectivity index (χ4n) is 13.9. The van der Waals surface area contributed by atoms with Crippen LogP contribution in [0.5, 0.6) is 0 Å². The van der Waals surface area contributed by atoms with Crippen molar-refractivity contribution in [3.05, 3.63) is 279 Å². The summed E-state index contributed by atoms with van der Waals surface area (Å²) >= 11 is 1.89. The van der Waals surface area contributed by atoms with Crippen LogP contribution in [0.4, 0.5) is 17.1 Å². The highest BCUT2D eigenvalue weighted by Crippen LogP contribution is 2.55. The van der Waals surface area contributed by atoms with Crippen LogP contribution in [0.15, 0.2) is 283 Å². The summed E-state index contributed by atoms with van der Waals surface area (Å²) in [5.74, 6) is 0. The van der Waals surface area contributed by atoms with Crippen LogP contribution in [0, 0.1) is 6.92 Å². The molecule has 82 heavy (non-hydrogen) atoms. The van der Waals surface area contributed by atoms with Gasteiger partial charge in [-0.25, -0.2) is 0 Å². The van der Waals surface area contributed by atoms with Gasteiger partial charge in [0, 0.05) is 64.9 Å². The van der Waals surface area contributed by atoms with E-state index in [0.717, 1.165) is 34.0 Å². The normalized spacial score (nSPS) is 12.6. The molecule has 1 aliphatic heterocycles. The van der Waals surface area contributed by atoms with Gasteiger partial charge >= 0.3 is 0 Å². The topological polar surface area (TPSA) is 18.0 Å². The van der Waals surface area contributed by atoms with Crippen molar-refractivity contribution in [1.29, 1.82) is 0 Å². The molecule has 0 aliphatic carbocycles. The minimum absolute atomic E-state index is 1.11. The van der Waals surface area contributed by atoms with Crippen LogP contribution in [0.1, 0.15) is 5.56 Å². The highest BCUT2D eigenvalue weighted by atomic mass is 32.2. The van der Waals surface area contributed by atoms with Crippen molar-refractivity contribution in [2.45, 2.75) is 16.7 Å². The van der Waals surface area contributed by atoms with E-state index in [0.29, 0.717) is 0 Å². The molecule has 0 spiro atoms. The first kappa shape index (κ1) is 45.5. The van der Waals surface area contributed by atoms with Crippen LogP contribution in [0.2, 0.25) is 0 Å². The third-order valence-corrected chi connectivity index (χ3v) is 18.6. The molecule has 3 aromatic heterocycles. The molecule has 17 aromatic rings. The number of nitrogens with zero attached hydrogens (tertiary/aromatic N) is 4. The first-order chi connectivity index (χ1) is 40.6. The van der Waals surface area contributed by atoms with E-state index in [1.54, 1.807) is 0 Å². The Morgan fingerprint density at radius 2 is 0.683 bits per heavy atom. The van der Waals surface area contributed by atoms with Gasteiger partial charge in [-0.1, -0.05) is 169 Å². The summed E-state index contributed by atoms with van der Waals surface area (Å²) in [6.45, 7) is 2.20. The van der Waals surface area contributed by atoms with Crippen LogP contribution in [-0.4, -0.2) is 13.7 Å². The summed E-state index contributed by atoms with van der Waals surface area (Å²) in [4.78, 5) is 5.00. The molecule has 0 fully saturated rings. The first-order valence-electron chi connectivity index (χ1n) is 28.2. The Bertz CT molecular complexity index is 5560. The molecule has 1 aliphatic rings. The van der Waals surface area contributed by atoms with Gasteiger partial charge in [0.1, 0.15) is 0 Å². The predicted molar refractivity (Wildman–Crippen MR) is 348 cm³/mol. The Morgan fingerprint density at radius 1 is 0.244 bits per heavy atom. The Hall–Kier alpha value is -10.3. The van der Waals surface area contributed by atoms with E-state index < -0.39 is 0 Å². The molecule has 0 saturated carbocycles. The molecule has 382 valence electrons. The zero-order valence-electron chi connectivity index (χ0n) is 44.7. The second-order valence-corrected chi connectivity index (χ2v) is 23.2. The van der Waals surface area contributed by atoms with E-state index >= 15 is 0 Å². The van der Waals surface area contributed by atoms with Crippen molar-refractivity contribution >= 4 is 137 Å². The quantitative estimate of drug-likeness (QED) is 0.160. The van der Waals surface area contributed by atoms with Crippen molar-refractivity contribution < 1.29 is 0 Å². The number of anilines is 3. The minimum atomic E-state index is 1.11. The SMILES string of the molecule is Cc1ccc2c(c1)c1ccccc1c1cc3c4cc5c(cc4n(-c4ccccc4)c3cc21)N(c1ccc2c(c1)c1cc(-c3ccc4c(c3)c3ccccc3n4-c3ccccc3)ccc1n2-c1ccccc1)c1cc2ccccc2cc1S5. The summed E-state index contributed by atoms with van der Waals surface area (Å²) in [5, 5.41) is 17.5. The lowest BCUT2D eigenvalue weighted by Crippen LogP contribution is -2.15. The first-order valence-corrected chi connectivity index (χ1v) is 29.0. The molecule has 0 radical (unpaired) electrons. The monoisotopic (exact) mass is 1060 g/mol. The van der Waals surface area contributed by atoms with E-state index in [-0.39, 0.29) is 0 Å². The highest BCUT2D eigenvalue weighted by Gasteiger charge is 2.30. The van der Waals surface area contributed by atoms with Gasteiger partial charge in [-0.3, -0.25) is 0 Å². The highest BCUT2D eigenvalue weighted by molar-refractivity contribution is 7.99. The van der Waals surface area contributed by atoms with Crippen molar-refractivity contribution in [3.63, 3.8) is 0 Å². The number of hydrogen-bond acceptors (Lipinski definition) is 2. The third-order valence-electron chi connectivity index (χ3n) is 17.5. The number of benzene rings is 14. The number of fused-ring (bicyclic) bond motifs is 18. The van der Waals surface area contributed by atoms with Crippen LogP contribution in [-0.2, 0) is 0 Å². The average molecular weight is 1060 g/mol. The number of rotatable bonds is 5. The van der Waals surface area contributed by atoms with E-state index in [1.807, 2.05) is 11.8 Å². The molecule has 0 unspecified atom stereocenters. The van der Waals surface area contributed by atoms with E-state index in [2.05, 4.69) is 299 Å². The van der Waals surface area contributed by atoms with E-state index in [9.17, 15) is 0 Å². The Labute approximate surface area is 476 Å². The number of para-hydroxylation sites is 4. The van der Waals surface area contributed by atoms with Gasteiger partial charge in [0.2, 0.25) is 0 Å².